The molecule has 4 rings (SSSR count). The number of nitrogens with zero attached hydrogens (tertiary/aromatic N) is 2. The summed E-state index contributed by atoms with van der Waals surface area (Å²) < 4.78 is 5.05. The number of nitrogens with one attached hydrogen (secondary N) is 2. The van der Waals surface area contributed by atoms with Crippen LogP contribution in [0.25, 0.3) is 0 Å². The van der Waals surface area contributed by atoms with Gasteiger partial charge in [-0.2, -0.15) is 0 Å². The van der Waals surface area contributed by atoms with E-state index < -0.39 is 11.9 Å². The Morgan fingerprint density at radius 1 is 1.13 bits per heavy atom. The van der Waals surface area contributed by atoms with E-state index in [1.54, 1.807) is 19.1 Å². The number of fused-ring (bicyclic) bond motifs is 2. The average Bonchev–Trinajstić information content (AvgIpc) is 3.44. The van der Waals surface area contributed by atoms with Crippen molar-refractivity contribution in [2.24, 2.45) is 0 Å². The molecule has 1 aromatic heterocycles. The Balaban J connectivity index is 1.33. The molecule has 8 heteroatoms. The lowest BCUT2D eigenvalue weighted by Crippen LogP contribution is -2.58. The summed E-state index contributed by atoms with van der Waals surface area (Å²) >= 11 is 0. The molecule has 0 spiro atoms. The van der Waals surface area contributed by atoms with Crippen LogP contribution < -0.4 is 10.6 Å². The minimum Gasteiger partial charge on any atom is -0.459 e. The number of piperazine rings is 1. The molecule has 3 heterocycles. The Hall–Kier alpha value is -3.13. The second-order valence-corrected chi connectivity index (χ2v) is 7.83. The largest absolute Gasteiger partial charge is 0.459 e. The van der Waals surface area contributed by atoms with Gasteiger partial charge in [-0.3, -0.25) is 19.3 Å². The van der Waals surface area contributed by atoms with Crippen LogP contribution in [0.2, 0.25) is 0 Å². The first-order valence-corrected chi connectivity index (χ1v) is 10.2. The van der Waals surface area contributed by atoms with E-state index in [0.29, 0.717) is 18.7 Å². The van der Waals surface area contributed by atoms with Gasteiger partial charge in [0.15, 0.2) is 5.76 Å². The zero-order chi connectivity index (χ0) is 21.1. The number of hydrogen-bond donors (Lipinski definition) is 2. The summed E-state index contributed by atoms with van der Waals surface area (Å²) in [7, 11) is 0. The lowest BCUT2D eigenvalue weighted by atomic mass is 10.1. The standard InChI is InChI=1S/C22H26N4O4/c1-15(24-21(28)19-8-5-11-30-19)20(27)23-12-18-14-26(17-9-10-25(18)13-17)22(29)16-6-3-2-4-7-16/h2-8,11,15,17-18H,9-10,12-14H2,1H3,(H,23,27)(H,24,28). The highest BCUT2D eigenvalue weighted by Gasteiger charge is 2.41. The van der Waals surface area contributed by atoms with Crippen molar-refractivity contribution < 1.29 is 18.8 Å². The molecule has 158 valence electrons. The topological polar surface area (TPSA) is 94.9 Å². The Bertz CT molecular complexity index is 899. The monoisotopic (exact) mass is 410 g/mol. The number of hydrogen-bond acceptors (Lipinski definition) is 5. The number of furan rings is 1. The van der Waals surface area contributed by atoms with E-state index in [2.05, 4.69) is 15.5 Å². The summed E-state index contributed by atoms with van der Waals surface area (Å²) in [4.78, 5) is 41.8. The van der Waals surface area contributed by atoms with E-state index >= 15 is 0 Å². The molecule has 2 aromatic rings. The van der Waals surface area contributed by atoms with Gasteiger partial charge in [-0.1, -0.05) is 18.2 Å². The summed E-state index contributed by atoms with van der Waals surface area (Å²) in [6, 6.07) is 12.0. The number of benzene rings is 1. The molecule has 2 saturated heterocycles. The summed E-state index contributed by atoms with van der Waals surface area (Å²) in [5.74, 6) is -0.489. The van der Waals surface area contributed by atoms with Crippen molar-refractivity contribution >= 4 is 17.7 Å². The molecule has 4 unspecified atom stereocenters. The first-order chi connectivity index (χ1) is 14.5. The summed E-state index contributed by atoms with van der Waals surface area (Å²) in [5.41, 5.74) is 0.690. The minimum absolute atomic E-state index is 0.0394. The Morgan fingerprint density at radius 3 is 2.67 bits per heavy atom. The van der Waals surface area contributed by atoms with Crippen LogP contribution in [0.3, 0.4) is 0 Å². The summed E-state index contributed by atoms with van der Waals surface area (Å²) in [5, 5.41) is 5.55. The van der Waals surface area contributed by atoms with Crippen molar-refractivity contribution in [2.45, 2.75) is 31.5 Å². The molecule has 2 bridgehead atoms. The van der Waals surface area contributed by atoms with Crippen molar-refractivity contribution in [1.82, 2.24) is 20.4 Å². The summed E-state index contributed by atoms with van der Waals surface area (Å²) in [6.45, 7) is 4.36. The van der Waals surface area contributed by atoms with Crippen molar-refractivity contribution in [3.8, 4) is 0 Å². The highest BCUT2D eigenvalue weighted by Crippen LogP contribution is 2.26. The second kappa shape index (κ2) is 8.71. The fourth-order valence-corrected chi connectivity index (χ4v) is 4.15. The van der Waals surface area contributed by atoms with Crippen molar-refractivity contribution in [1.29, 1.82) is 0 Å². The van der Waals surface area contributed by atoms with E-state index in [0.717, 1.165) is 19.5 Å². The maximum absolute atomic E-state index is 13.0. The van der Waals surface area contributed by atoms with E-state index in [9.17, 15) is 14.4 Å². The van der Waals surface area contributed by atoms with E-state index in [-0.39, 0.29) is 29.7 Å². The Morgan fingerprint density at radius 2 is 1.93 bits per heavy atom. The number of amides is 3. The zero-order valence-corrected chi connectivity index (χ0v) is 16.9. The van der Waals surface area contributed by atoms with Crippen LogP contribution >= 0.6 is 0 Å². The van der Waals surface area contributed by atoms with E-state index in [1.807, 2.05) is 35.2 Å². The van der Waals surface area contributed by atoms with Gasteiger partial charge in [-0.15, -0.1) is 0 Å². The van der Waals surface area contributed by atoms with Crippen LogP contribution in [0.5, 0.6) is 0 Å². The van der Waals surface area contributed by atoms with Gasteiger partial charge in [0.25, 0.3) is 11.8 Å². The second-order valence-electron chi connectivity index (χ2n) is 7.83. The molecule has 0 saturated carbocycles. The molecule has 2 fully saturated rings. The van der Waals surface area contributed by atoms with Gasteiger partial charge < -0.3 is 20.0 Å². The van der Waals surface area contributed by atoms with Gasteiger partial charge in [0, 0.05) is 43.8 Å². The molecule has 2 aliphatic rings. The first-order valence-electron chi connectivity index (χ1n) is 10.2. The lowest BCUT2D eigenvalue weighted by molar-refractivity contribution is -0.122. The molecule has 4 atom stereocenters. The van der Waals surface area contributed by atoms with Gasteiger partial charge in [-0.25, -0.2) is 0 Å². The number of carbonyl (C=O) groups is 3. The molecule has 2 N–H and O–H groups in total. The van der Waals surface area contributed by atoms with Crippen LogP contribution in [0, 0.1) is 0 Å². The highest BCUT2D eigenvalue weighted by molar-refractivity contribution is 5.95. The molecule has 3 amide bonds. The third-order valence-electron chi connectivity index (χ3n) is 5.84. The fraction of sp³-hybridized carbons (Fsp3) is 0.409. The zero-order valence-electron chi connectivity index (χ0n) is 16.9. The molecule has 8 nitrogen and oxygen atoms in total. The van der Waals surface area contributed by atoms with Gasteiger partial charge in [0.1, 0.15) is 6.04 Å². The van der Waals surface area contributed by atoms with Crippen LogP contribution in [-0.4, -0.2) is 71.8 Å². The molecule has 30 heavy (non-hydrogen) atoms. The Labute approximate surface area is 175 Å². The first kappa shape index (κ1) is 20.2. The maximum atomic E-state index is 13.0. The van der Waals surface area contributed by atoms with Crippen molar-refractivity contribution in [3.63, 3.8) is 0 Å². The van der Waals surface area contributed by atoms with Gasteiger partial charge >= 0.3 is 0 Å². The molecule has 1 aromatic carbocycles. The third kappa shape index (κ3) is 4.23. The van der Waals surface area contributed by atoms with Crippen LogP contribution in [0.15, 0.2) is 53.1 Å². The SMILES string of the molecule is CC(NC(=O)c1ccco1)C(=O)NCC1CN(C(=O)c2ccccc2)C2CCN1C2. The Kier molecular flexibility index (Phi) is 5.85. The van der Waals surface area contributed by atoms with Crippen LogP contribution in [0.4, 0.5) is 0 Å². The molecule has 0 radical (unpaired) electrons. The molecule has 2 aliphatic heterocycles. The maximum Gasteiger partial charge on any atom is 0.287 e. The normalized spacial score (nSPS) is 23.6. The third-order valence-corrected chi connectivity index (χ3v) is 5.84. The van der Waals surface area contributed by atoms with E-state index in [4.69, 9.17) is 4.42 Å². The molecular weight excluding hydrogens is 384 g/mol. The van der Waals surface area contributed by atoms with Crippen molar-refractivity contribution in [3.05, 3.63) is 60.1 Å². The minimum atomic E-state index is -0.695. The van der Waals surface area contributed by atoms with Gasteiger partial charge in [0.2, 0.25) is 5.91 Å². The number of rotatable bonds is 6. The predicted molar refractivity (Wildman–Crippen MR) is 110 cm³/mol. The van der Waals surface area contributed by atoms with Crippen LogP contribution in [-0.2, 0) is 4.79 Å². The highest BCUT2D eigenvalue weighted by atomic mass is 16.3. The quantitative estimate of drug-likeness (QED) is 0.744. The van der Waals surface area contributed by atoms with Gasteiger partial charge in [-0.05, 0) is 37.6 Å². The molecular formula is C22H26N4O4. The average molecular weight is 410 g/mol. The predicted octanol–water partition coefficient (Wildman–Crippen LogP) is 1.11. The summed E-state index contributed by atoms with van der Waals surface area (Å²) in [6.07, 6.45) is 2.35. The lowest BCUT2D eigenvalue weighted by Gasteiger charge is -2.40. The van der Waals surface area contributed by atoms with E-state index in [1.165, 1.54) is 6.26 Å². The van der Waals surface area contributed by atoms with Gasteiger partial charge in [0.05, 0.1) is 6.26 Å². The fourth-order valence-electron chi connectivity index (χ4n) is 4.15. The number of carbonyl (C=O) groups excluding carboxylic acids is 3. The van der Waals surface area contributed by atoms with Crippen LogP contribution in [0.1, 0.15) is 34.3 Å². The molecule has 0 aliphatic carbocycles. The van der Waals surface area contributed by atoms with Crippen molar-refractivity contribution in [2.75, 3.05) is 26.2 Å². The smallest absolute Gasteiger partial charge is 0.287 e.